The SMILES string of the molecule is C=CCn1c(COc2ccccc2F)nnc1SCC(=O)N(CC)CC. The standard InChI is InChI=1S/C18H23FN4O2S/c1-4-11-23-16(12-25-15-10-8-7-9-14(15)19)20-21-18(23)26-13-17(24)22(5-2)6-3/h4,7-10H,1,5-6,11-13H2,2-3H3. The second kappa shape index (κ2) is 9.96. The fraction of sp³-hybridized carbons (Fsp3) is 0.389. The van der Waals surface area contributed by atoms with Gasteiger partial charge in [0.05, 0.1) is 5.75 Å². The summed E-state index contributed by atoms with van der Waals surface area (Å²) in [6.45, 7) is 9.54. The Morgan fingerprint density at radius 1 is 1.35 bits per heavy atom. The van der Waals surface area contributed by atoms with Gasteiger partial charge in [0.15, 0.2) is 22.5 Å². The van der Waals surface area contributed by atoms with Crippen molar-refractivity contribution in [2.45, 2.75) is 32.2 Å². The number of para-hydroxylation sites is 1. The van der Waals surface area contributed by atoms with Crippen molar-refractivity contribution < 1.29 is 13.9 Å². The zero-order valence-electron chi connectivity index (χ0n) is 15.0. The Labute approximate surface area is 157 Å². The second-order valence-corrected chi connectivity index (χ2v) is 6.31. The van der Waals surface area contributed by atoms with Crippen LogP contribution in [0.3, 0.4) is 0 Å². The Bertz CT molecular complexity index is 747. The van der Waals surface area contributed by atoms with E-state index < -0.39 is 5.82 Å². The highest BCUT2D eigenvalue weighted by molar-refractivity contribution is 7.99. The van der Waals surface area contributed by atoms with Gasteiger partial charge in [0, 0.05) is 19.6 Å². The van der Waals surface area contributed by atoms with Gasteiger partial charge in [-0.3, -0.25) is 9.36 Å². The maximum atomic E-state index is 13.7. The number of benzene rings is 1. The van der Waals surface area contributed by atoms with Crippen molar-refractivity contribution in [3.8, 4) is 5.75 Å². The number of thioether (sulfide) groups is 1. The minimum absolute atomic E-state index is 0.0531. The van der Waals surface area contributed by atoms with E-state index in [-0.39, 0.29) is 24.0 Å². The number of hydrogen-bond donors (Lipinski definition) is 0. The quantitative estimate of drug-likeness (QED) is 0.470. The minimum atomic E-state index is -0.429. The number of nitrogens with zero attached hydrogens (tertiary/aromatic N) is 4. The number of carbonyl (C=O) groups is 1. The van der Waals surface area contributed by atoms with Crippen molar-refractivity contribution in [2.75, 3.05) is 18.8 Å². The molecule has 0 bridgehead atoms. The number of amides is 1. The van der Waals surface area contributed by atoms with Crippen LogP contribution >= 0.6 is 11.8 Å². The first-order valence-electron chi connectivity index (χ1n) is 8.41. The maximum absolute atomic E-state index is 13.7. The number of aromatic nitrogens is 3. The second-order valence-electron chi connectivity index (χ2n) is 5.37. The van der Waals surface area contributed by atoms with Gasteiger partial charge in [0.2, 0.25) is 5.91 Å². The lowest BCUT2D eigenvalue weighted by molar-refractivity contribution is -0.127. The summed E-state index contributed by atoms with van der Waals surface area (Å²) in [5.41, 5.74) is 0. The van der Waals surface area contributed by atoms with E-state index in [1.807, 2.05) is 18.4 Å². The molecule has 0 unspecified atom stereocenters. The Kier molecular flexibility index (Phi) is 7.65. The number of halogens is 1. The van der Waals surface area contributed by atoms with E-state index in [4.69, 9.17) is 4.74 Å². The lowest BCUT2D eigenvalue weighted by Gasteiger charge is -2.18. The average Bonchev–Trinajstić information content (AvgIpc) is 3.02. The van der Waals surface area contributed by atoms with Gasteiger partial charge in [-0.2, -0.15) is 0 Å². The summed E-state index contributed by atoms with van der Waals surface area (Å²) >= 11 is 1.32. The summed E-state index contributed by atoms with van der Waals surface area (Å²) in [6, 6.07) is 6.20. The molecule has 0 saturated heterocycles. The topological polar surface area (TPSA) is 60.2 Å². The fourth-order valence-corrected chi connectivity index (χ4v) is 3.21. The lowest BCUT2D eigenvalue weighted by Crippen LogP contribution is -2.31. The number of hydrogen-bond acceptors (Lipinski definition) is 5. The Morgan fingerprint density at radius 3 is 2.73 bits per heavy atom. The van der Waals surface area contributed by atoms with E-state index >= 15 is 0 Å². The normalized spacial score (nSPS) is 10.6. The predicted molar refractivity (Wildman–Crippen MR) is 99.6 cm³/mol. The van der Waals surface area contributed by atoms with Crippen LogP contribution < -0.4 is 4.74 Å². The number of allylic oxidation sites excluding steroid dienone is 1. The molecule has 2 rings (SSSR count). The number of ether oxygens (including phenoxy) is 1. The van der Waals surface area contributed by atoms with Crippen LogP contribution in [0.1, 0.15) is 19.7 Å². The molecule has 0 saturated carbocycles. The summed E-state index contributed by atoms with van der Waals surface area (Å²) < 4.78 is 21.0. The molecule has 1 amide bonds. The van der Waals surface area contributed by atoms with Crippen LogP contribution in [0, 0.1) is 5.82 Å². The zero-order chi connectivity index (χ0) is 18.9. The molecule has 0 radical (unpaired) electrons. The molecule has 1 aromatic carbocycles. The molecule has 0 spiro atoms. The van der Waals surface area contributed by atoms with Crippen molar-refractivity contribution in [3.05, 3.63) is 48.6 Å². The minimum Gasteiger partial charge on any atom is -0.483 e. The van der Waals surface area contributed by atoms with Gasteiger partial charge < -0.3 is 9.64 Å². The molecule has 140 valence electrons. The molecule has 1 heterocycles. The summed E-state index contributed by atoms with van der Waals surface area (Å²) in [6.07, 6.45) is 1.71. The summed E-state index contributed by atoms with van der Waals surface area (Å²) in [5, 5.41) is 8.86. The van der Waals surface area contributed by atoms with E-state index in [1.165, 1.54) is 17.8 Å². The van der Waals surface area contributed by atoms with Crippen molar-refractivity contribution in [3.63, 3.8) is 0 Å². The smallest absolute Gasteiger partial charge is 0.233 e. The molecule has 0 aliphatic rings. The first kappa shape index (κ1) is 20.0. The van der Waals surface area contributed by atoms with E-state index in [2.05, 4.69) is 16.8 Å². The first-order chi connectivity index (χ1) is 12.6. The molecular formula is C18H23FN4O2S. The molecule has 1 aromatic heterocycles. The van der Waals surface area contributed by atoms with Crippen LogP contribution in [0.4, 0.5) is 4.39 Å². The molecule has 0 fully saturated rings. The van der Waals surface area contributed by atoms with Crippen molar-refractivity contribution in [1.82, 2.24) is 19.7 Å². The highest BCUT2D eigenvalue weighted by atomic mass is 32.2. The Hall–Kier alpha value is -2.35. The molecule has 6 nitrogen and oxygen atoms in total. The van der Waals surface area contributed by atoms with Crippen LogP contribution in [0.5, 0.6) is 5.75 Å². The van der Waals surface area contributed by atoms with Crippen molar-refractivity contribution >= 4 is 17.7 Å². The summed E-state index contributed by atoms with van der Waals surface area (Å²) in [4.78, 5) is 13.9. The molecule has 0 N–H and O–H groups in total. The highest BCUT2D eigenvalue weighted by Gasteiger charge is 2.16. The van der Waals surface area contributed by atoms with E-state index in [0.29, 0.717) is 30.6 Å². The van der Waals surface area contributed by atoms with Gasteiger partial charge in [0.25, 0.3) is 0 Å². The van der Waals surface area contributed by atoms with Crippen molar-refractivity contribution in [2.24, 2.45) is 0 Å². The van der Waals surface area contributed by atoms with E-state index in [9.17, 15) is 9.18 Å². The van der Waals surface area contributed by atoms with Crippen LogP contribution in [-0.4, -0.2) is 44.4 Å². The van der Waals surface area contributed by atoms with E-state index in [1.54, 1.807) is 29.2 Å². The van der Waals surface area contributed by atoms with E-state index in [0.717, 1.165) is 0 Å². The third-order valence-corrected chi connectivity index (χ3v) is 4.69. The molecule has 0 aliphatic heterocycles. The average molecular weight is 378 g/mol. The lowest BCUT2D eigenvalue weighted by atomic mass is 10.3. The summed E-state index contributed by atoms with van der Waals surface area (Å²) in [7, 11) is 0. The Balaban J connectivity index is 2.06. The third kappa shape index (κ3) is 5.08. The van der Waals surface area contributed by atoms with Crippen LogP contribution in [0.25, 0.3) is 0 Å². The molecule has 2 aromatic rings. The molecular weight excluding hydrogens is 355 g/mol. The molecule has 26 heavy (non-hydrogen) atoms. The van der Waals surface area contributed by atoms with Crippen LogP contribution in [0.15, 0.2) is 42.1 Å². The zero-order valence-corrected chi connectivity index (χ0v) is 15.8. The molecule has 0 aliphatic carbocycles. The van der Waals surface area contributed by atoms with Gasteiger partial charge in [-0.1, -0.05) is 30.0 Å². The van der Waals surface area contributed by atoms with Gasteiger partial charge in [0.1, 0.15) is 6.61 Å². The monoisotopic (exact) mass is 378 g/mol. The largest absolute Gasteiger partial charge is 0.483 e. The first-order valence-corrected chi connectivity index (χ1v) is 9.40. The van der Waals surface area contributed by atoms with Gasteiger partial charge in [-0.05, 0) is 26.0 Å². The number of carbonyl (C=O) groups excluding carboxylic acids is 1. The van der Waals surface area contributed by atoms with Gasteiger partial charge >= 0.3 is 0 Å². The highest BCUT2D eigenvalue weighted by Crippen LogP contribution is 2.20. The van der Waals surface area contributed by atoms with Gasteiger partial charge in [-0.25, -0.2) is 4.39 Å². The van der Waals surface area contributed by atoms with Crippen molar-refractivity contribution in [1.29, 1.82) is 0 Å². The maximum Gasteiger partial charge on any atom is 0.233 e. The fourth-order valence-electron chi connectivity index (χ4n) is 2.34. The van der Waals surface area contributed by atoms with Gasteiger partial charge in [-0.15, -0.1) is 16.8 Å². The molecule has 0 atom stereocenters. The predicted octanol–water partition coefficient (Wildman–Crippen LogP) is 3.14. The molecule has 8 heteroatoms. The van der Waals surface area contributed by atoms with Crippen LogP contribution in [0.2, 0.25) is 0 Å². The third-order valence-electron chi connectivity index (χ3n) is 3.74. The number of rotatable bonds is 10. The summed E-state index contributed by atoms with van der Waals surface area (Å²) in [5.74, 6) is 0.613. The van der Waals surface area contributed by atoms with Crippen LogP contribution in [-0.2, 0) is 17.9 Å². The Morgan fingerprint density at radius 2 is 2.08 bits per heavy atom.